The highest BCUT2D eigenvalue weighted by Crippen LogP contribution is 2.22. The molecule has 0 aliphatic rings. The lowest BCUT2D eigenvalue weighted by Gasteiger charge is -2.10. The van der Waals surface area contributed by atoms with Crippen molar-refractivity contribution in [3.63, 3.8) is 0 Å². The van der Waals surface area contributed by atoms with Crippen molar-refractivity contribution >= 4 is 10.8 Å². The van der Waals surface area contributed by atoms with Crippen molar-refractivity contribution in [3.8, 4) is 17.6 Å². The molecule has 2 rings (SSSR count). The molecule has 92 valence electrons. The highest BCUT2D eigenvalue weighted by Gasteiger charge is 2.00. The Morgan fingerprint density at radius 3 is 2.56 bits per heavy atom. The second-order valence-electron chi connectivity index (χ2n) is 4.35. The maximum Gasteiger partial charge on any atom is 0.120 e. The molecule has 0 saturated carbocycles. The number of aliphatic hydroxyl groups is 1. The molecule has 2 nitrogen and oxygen atoms in total. The third-order valence-electron chi connectivity index (χ3n) is 2.50. The molecule has 0 aliphatic heterocycles. The minimum absolute atomic E-state index is 0.112. The second-order valence-corrected chi connectivity index (χ2v) is 4.35. The Hall–Kier alpha value is -1.98. The zero-order valence-electron chi connectivity index (χ0n) is 10.6. The molecule has 2 heteroatoms. The van der Waals surface area contributed by atoms with Gasteiger partial charge in [-0.05, 0) is 48.9 Å². The summed E-state index contributed by atoms with van der Waals surface area (Å²) in [6, 6.07) is 12.0. The van der Waals surface area contributed by atoms with Crippen molar-refractivity contribution in [2.45, 2.75) is 20.0 Å². The van der Waals surface area contributed by atoms with E-state index in [1.807, 2.05) is 50.2 Å². The van der Waals surface area contributed by atoms with Gasteiger partial charge in [0.05, 0.1) is 6.10 Å². The van der Waals surface area contributed by atoms with Crippen LogP contribution in [0.2, 0.25) is 0 Å². The molecule has 0 amide bonds. The molecule has 0 radical (unpaired) electrons. The van der Waals surface area contributed by atoms with E-state index in [4.69, 9.17) is 9.84 Å². The molecule has 0 unspecified atom stereocenters. The smallest absolute Gasteiger partial charge is 0.120 e. The molecule has 0 atom stereocenters. The lowest BCUT2D eigenvalue weighted by Crippen LogP contribution is -2.05. The minimum Gasteiger partial charge on any atom is -0.491 e. The van der Waals surface area contributed by atoms with E-state index in [-0.39, 0.29) is 12.7 Å². The van der Waals surface area contributed by atoms with Gasteiger partial charge in [0.2, 0.25) is 0 Å². The molecule has 0 fully saturated rings. The number of hydrogen-bond donors (Lipinski definition) is 1. The maximum atomic E-state index is 8.67. The van der Waals surface area contributed by atoms with E-state index in [0.717, 1.165) is 22.1 Å². The molecule has 0 heterocycles. The van der Waals surface area contributed by atoms with Crippen LogP contribution < -0.4 is 4.74 Å². The molecule has 0 bridgehead atoms. The Morgan fingerprint density at radius 2 is 1.83 bits per heavy atom. The second kappa shape index (κ2) is 5.57. The average molecular weight is 240 g/mol. The van der Waals surface area contributed by atoms with Crippen LogP contribution >= 0.6 is 0 Å². The van der Waals surface area contributed by atoms with Crippen molar-refractivity contribution in [1.82, 2.24) is 0 Å². The zero-order chi connectivity index (χ0) is 13.0. The van der Waals surface area contributed by atoms with Gasteiger partial charge < -0.3 is 9.84 Å². The molecule has 2 aromatic carbocycles. The molecule has 0 spiro atoms. The van der Waals surface area contributed by atoms with Gasteiger partial charge in [0.25, 0.3) is 0 Å². The summed E-state index contributed by atoms with van der Waals surface area (Å²) in [6.07, 6.45) is 0.178. The van der Waals surface area contributed by atoms with Gasteiger partial charge in [0, 0.05) is 5.56 Å². The van der Waals surface area contributed by atoms with Crippen LogP contribution in [0.15, 0.2) is 36.4 Å². The number of fused-ring (bicyclic) bond motifs is 1. The first kappa shape index (κ1) is 12.5. The standard InChI is InChI=1S/C16H16O2/c1-12(2)18-16-8-7-14-10-13(4-3-9-17)5-6-15(14)11-16/h5-8,10-12,17H,9H2,1-2H3. The number of hydrogen-bond acceptors (Lipinski definition) is 2. The number of ether oxygens (including phenoxy) is 1. The third kappa shape index (κ3) is 3.03. The molecule has 0 saturated heterocycles. The van der Waals surface area contributed by atoms with Gasteiger partial charge >= 0.3 is 0 Å². The van der Waals surface area contributed by atoms with Crippen molar-refractivity contribution < 1.29 is 9.84 Å². The Balaban J connectivity index is 2.35. The van der Waals surface area contributed by atoms with E-state index >= 15 is 0 Å². The predicted molar refractivity (Wildman–Crippen MR) is 73.7 cm³/mol. The fraction of sp³-hybridized carbons (Fsp3) is 0.250. The van der Waals surface area contributed by atoms with Crippen LogP contribution in [0.25, 0.3) is 10.8 Å². The summed E-state index contributed by atoms with van der Waals surface area (Å²) in [5, 5.41) is 10.9. The van der Waals surface area contributed by atoms with Crippen LogP contribution in [0.5, 0.6) is 5.75 Å². The number of aliphatic hydroxyl groups excluding tert-OH is 1. The van der Waals surface area contributed by atoms with Gasteiger partial charge in [0.1, 0.15) is 12.4 Å². The van der Waals surface area contributed by atoms with Crippen LogP contribution in [0.1, 0.15) is 19.4 Å². The topological polar surface area (TPSA) is 29.5 Å². The summed E-state index contributed by atoms with van der Waals surface area (Å²) < 4.78 is 5.66. The van der Waals surface area contributed by atoms with Gasteiger partial charge in [-0.25, -0.2) is 0 Å². The average Bonchev–Trinajstić information content (AvgIpc) is 2.35. The van der Waals surface area contributed by atoms with Gasteiger partial charge in [-0.15, -0.1) is 0 Å². The minimum atomic E-state index is -0.112. The van der Waals surface area contributed by atoms with Gasteiger partial charge in [-0.3, -0.25) is 0 Å². The summed E-state index contributed by atoms with van der Waals surface area (Å²) in [5.74, 6) is 6.43. The summed E-state index contributed by atoms with van der Waals surface area (Å²) in [5.41, 5.74) is 0.911. The quantitative estimate of drug-likeness (QED) is 0.818. The molecule has 0 aromatic heterocycles. The van der Waals surface area contributed by atoms with Crippen LogP contribution in [0, 0.1) is 11.8 Å². The Labute approximate surface area is 107 Å². The summed E-state index contributed by atoms with van der Waals surface area (Å²) in [4.78, 5) is 0. The fourth-order valence-corrected chi connectivity index (χ4v) is 1.79. The van der Waals surface area contributed by atoms with E-state index in [2.05, 4.69) is 11.8 Å². The molecule has 18 heavy (non-hydrogen) atoms. The predicted octanol–water partition coefficient (Wildman–Crippen LogP) is 2.97. The lowest BCUT2D eigenvalue weighted by molar-refractivity contribution is 0.243. The largest absolute Gasteiger partial charge is 0.491 e. The monoisotopic (exact) mass is 240 g/mol. The van der Waals surface area contributed by atoms with Crippen LogP contribution in [0.3, 0.4) is 0 Å². The molecular weight excluding hydrogens is 224 g/mol. The Kier molecular flexibility index (Phi) is 3.86. The van der Waals surface area contributed by atoms with E-state index in [0.29, 0.717) is 0 Å². The zero-order valence-corrected chi connectivity index (χ0v) is 10.6. The van der Waals surface area contributed by atoms with E-state index in [9.17, 15) is 0 Å². The molecule has 2 aromatic rings. The van der Waals surface area contributed by atoms with Crippen LogP contribution in [0.4, 0.5) is 0 Å². The van der Waals surface area contributed by atoms with Gasteiger partial charge in [-0.2, -0.15) is 0 Å². The first-order valence-electron chi connectivity index (χ1n) is 5.99. The summed E-state index contributed by atoms with van der Waals surface area (Å²) in [6.45, 7) is 3.91. The van der Waals surface area contributed by atoms with E-state index in [1.54, 1.807) is 0 Å². The first-order chi connectivity index (χ1) is 8.69. The Morgan fingerprint density at radius 1 is 1.11 bits per heavy atom. The summed E-state index contributed by atoms with van der Waals surface area (Å²) in [7, 11) is 0. The third-order valence-corrected chi connectivity index (χ3v) is 2.50. The van der Waals surface area contributed by atoms with Crippen LogP contribution in [-0.2, 0) is 0 Å². The fourth-order valence-electron chi connectivity index (χ4n) is 1.79. The van der Waals surface area contributed by atoms with Crippen molar-refractivity contribution in [2.24, 2.45) is 0 Å². The summed E-state index contributed by atoms with van der Waals surface area (Å²) >= 11 is 0. The maximum absolute atomic E-state index is 8.67. The van der Waals surface area contributed by atoms with Crippen molar-refractivity contribution in [1.29, 1.82) is 0 Å². The number of rotatable bonds is 2. The molecular formula is C16H16O2. The number of benzene rings is 2. The van der Waals surface area contributed by atoms with Crippen molar-refractivity contribution in [2.75, 3.05) is 6.61 Å². The van der Waals surface area contributed by atoms with Gasteiger partial charge in [-0.1, -0.05) is 24.0 Å². The highest BCUT2D eigenvalue weighted by molar-refractivity contribution is 5.85. The van der Waals surface area contributed by atoms with E-state index in [1.165, 1.54) is 0 Å². The SMILES string of the molecule is CC(C)Oc1ccc2cc(C#CCO)ccc2c1. The Bertz CT molecular complexity index is 603. The first-order valence-corrected chi connectivity index (χ1v) is 5.99. The highest BCUT2D eigenvalue weighted by atomic mass is 16.5. The van der Waals surface area contributed by atoms with E-state index < -0.39 is 0 Å². The van der Waals surface area contributed by atoms with Crippen LogP contribution in [-0.4, -0.2) is 17.8 Å². The molecule has 0 aliphatic carbocycles. The molecule has 1 N–H and O–H groups in total. The van der Waals surface area contributed by atoms with Crippen molar-refractivity contribution in [3.05, 3.63) is 42.0 Å². The van der Waals surface area contributed by atoms with Gasteiger partial charge in [0.15, 0.2) is 0 Å². The lowest BCUT2D eigenvalue weighted by atomic mass is 10.1. The normalized spacial score (nSPS) is 10.2.